The minimum absolute atomic E-state index is 0.0632. The SMILES string of the molecule is CC(C)(CO)c1cc[nH]c1CC(O)CS(=O)(=O)O. The quantitative estimate of drug-likeness (QED) is 0.550. The zero-order valence-electron chi connectivity index (χ0n) is 10.4. The Morgan fingerprint density at radius 1 is 1.44 bits per heavy atom. The van der Waals surface area contributed by atoms with Gasteiger partial charge in [0, 0.05) is 23.7 Å². The van der Waals surface area contributed by atoms with Crippen molar-refractivity contribution in [3.05, 3.63) is 23.5 Å². The molecule has 0 spiro atoms. The number of nitrogens with one attached hydrogen (secondary N) is 1. The molecule has 1 atom stereocenters. The summed E-state index contributed by atoms with van der Waals surface area (Å²) in [6.07, 6.45) is 0.556. The zero-order valence-corrected chi connectivity index (χ0v) is 11.2. The summed E-state index contributed by atoms with van der Waals surface area (Å²) in [5.41, 5.74) is 0.997. The van der Waals surface area contributed by atoms with E-state index >= 15 is 0 Å². The molecule has 18 heavy (non-hydrogen) atoms. The van der Waals surface area contributed by atoms with Crippen molar-refractivity contribution >= 4 is 10.1 Å². The fourth-order valence-corrected chi connectivity index (χ4v) is 2.43. The van der Waals surface area contributed by atoms with Gasteiger partial charge in [-0.1, -0.05) is 13.8 Å². The predicted molar refractivity (Wildman–Crippen MR) is 67.0 cm³/mol. The van der Waals surface area contributed by atoms with Crippen molar-refractivity contribution in [3.8, 4) is 0 Å². The van der Waals surface area contributed by atoms with Crippen LogP contribution in [0.1, 0.15) is 25.1 Å². The molecule has 104 valence electrons. The van der Waals surface area contributed by atoms with E-state index in [0.717, 1.165) is 5.56 Å². The van der Waals surface area contributed by atoms with Crippen LogP contribution >= 0.6 is 0 Å². The van der Waals surface area contributed by atoms with E-state index in [1.807, 2.05) is 13.8 Å². The number of hydrogen-bond acceptors (Lipinski definition) is 4. The lowest BCUT2D eigenvalue weighted by Gasteiger charge is -2.23. The van der Waals surface area contributed by atoms with Gasteiger partial charge in [0.1, 0.15) is 5.75 Å². The molecule has 0 saturated carbocycles. The van der Waals surface area contributed by atoms with Crippen molar-refractivity contribution in [1.29, 1.82) is 0 Å². The largest absolute Gasteiger partial charge is 0.395 e. The molecule has 0 amide bonds. The molecule has 0 fully saturated rings. The Balaban J connectivity index is 2.84. The molecular weight excluding hydrogens is 258 g/mol. The molecule has 1 aromatic rings. The van der Waals surface area contributed by atoms with E-state index < -0.39 is 27.4 Å². The first kappa shape index (κ1) is 15.2. The predicted octanol–water partition coefficient (Wildman–Crippen LogP) is 0.0758. The van der Waals surface area contributed by atoms with Gasteiger partial charge >= 0.3 is 0 Å². The number of rotatable bonds is 6. The van der Waals surface area contributed by atoms with Gasteiger partial charge in [-0.15, -0.1) is 0 Å². The first-order valence-corrected chi connectivity index (χ1v) is 7.17. The molecule has 0 saturated heterocycles. The first-order valence-electron chi connectivity index (χ1n) is 5.56. The standard InChI is InChI=1S/C11H19NO5S/c1-11(2,7-13)9-3-4-12-10(9)5-8(14)6-18(15,16)17/h3-4,8,12-14H,5-7H2,1-2H3,(H,15,16,17). The van der Waals surface area contributed by atoms with Gasteiger partial charge in [-0.05, 0) is 11.6 Å². The molecule has 7 heteroatoms. The normalized spacial score (nSPS) is 14.7. The molecular formula is C11H19NO5S. The highest BCUT2D eigenvalue weighted by atomic mass is 32.2. The van der Waals surface area contributed by atoms with Crippen LogP contribution in [-0.4, -0.2) is 46.6 Å². The van der Waals surface area contributed by atoms with Crippen LogP contribution in [0.3, 0.4) is 0 Å². The minimum Gasteiger partial charge on any atom is -0.395 e. The summed E-state index contributed by atoms with van der Waals surface area (Å²) in [6, 6.07) is 1.78. The Morgan fingerprint density at radius 3 is 2.56 bits per heavy atom. The van der Waals surface area contributed by atoms with Crippen molar-refractivity contribution in [3.63, 3.8) is 0 Å². The third-order valence-corrected chi connectivity index (χ3v) is 3.61. The lowest BCUT2D eigenvalue weighted by Crippen LogP contribution is -2.27. The van der Waals surface area contributed by atoms with E-state index in [-0.39, 0.29) is 13.0 Å². The summed E-state index contributed by atoms with van der Waals surface area (Å²) in [6.45, 7) is 3.62. The maximum absolute atomic E-state index is 10.7. The Bertz CT molecular complexity index is 491. The fraction of sp³-hybridized carbons (Fsp3) is 0.636. The Labute approximate surface area is 106 Å². The summed E-state index contributed by atoms with van der Waals surface area (Å²) in [5, 5.41) is 18.9. The van der Waals surface area contributed by atoms with Crippen LogP contribution < -0.4 is 0 Å². The molecule has 0 aliphatic carbocycles. The zero-order chi connectivity index (χ0) is 14.0. The van der Waals surface area contributed by atoms with Gasteiger partial charge in [0.05, 0.1) is 12.7 Å². The van der Waals surface area contributed by atoms with Crippen LogP contribution in [0.25, 0.3) is 0 Å². The van der Waals surface area contributed by atoms with E-state index in [1.54, 1.807) is 12.3 Å². The second-order valence-electron chi connectivity index (χ2n) is 5.02. The lowest BCUT2D eigenvalue weighted by molar-refractivity contribution is 0.190. The van der Waals surface area contributed by atoms with Crippen molar-refractivity contribution < 1.29 is 23.2 Å². The molecule has 1 heterocycles. The lowest BCUT2D eigenvalue weighted by atomic mass is 9.84. The topological polar surface area (TPSA) is 111 Å². The molecule has 6 nitrogen and oxygen atoms in total. The Morgan fingerprint density at radius 2 is 2.06 bits per heavy atom. The van der Waals surface area contributed by atoms with Gasteiger partial charge in [-0.25, -0.2) is 0 Å². The molecule has 0 aliphatic rings. The number of aromatic amines is 1. The number of hydrogen-bond donors (Lipinski definition) is 4. The van der Waals surface area contributed by atoms with Crippen LogP contribution in [0.15, 0.2) is 12.3 Å². The van der Waals surface area contributed by atoms with Crippen molar-refractivity contribution in [2.45, 2.75) is 31.8 Å². The van der Waals surface area contributed by atoms with Crippen LogP contribution in [0.4, 0.5) is 0 Å². The van der Waals surface area contributed by atoms with Crippen LogP contribution in [0.5, 0.6) is 0 Å². The average molecular weight is 277 g/mol. The smallest absolute Gasteiger partial charge is 0.267 e. The van der Waals surface area contributed by atoms with E-state index in [4.69, 9.17) is 4.55 Å². The maximum Gasteiger partial charge on any atom is 0.267 e. The van der Waals surface area contributed by atoms with Gasteiger partial charge in [0.15, 0.2) is 0 Å². The minimum atomic E-state index is -4.19. The highest BCUT2D eigenvalue weighted by Crippen LogP contribution is 2.26. The van der Waals surface area contributed by atoms with Gasteiger partial charge in [0.2, 0.25) is 0 Å². The molecule has 1 rings (SSSR count). The van der Waals surface area contributed by atoms with Crippen molar-refractivity contribution in [2.24, 2.45) is 0 Å². The number of H-pyrrole nitrogens is 1. The average Bonchev–Trinajstić information content (AvgIpc) is 2.63. The molecule has 0 aliphatic heterocycles. The Kier molecular flexibility index (Phi) is 4.55. The second-order valence-corrected chi connectivity index (χ2v) is 6.52. The summed E-state index contributed by atoms with van der Waals surface area (Å²) >= 11 is 0. The summed E-state index contributed by atoms with van der Waals surface area (Å²) in [7, 11) is -4.19. The molecule has 0 aromatic carbocycles. The van der Waals surface area contributed by atoms with Crippen molar-refractivity contribution in [1.82, 2.24) is 4.98 Å². The molecule has 0 radical (unpaired) electrons. The van der Waals surface area contributed by atoms with Gasteiger partial charge in [-0.2, -0.15) is 8.42 Å². The third-order valence-electron chi connectivity index (χ3n) is 2.80. The van der Waals surface area contributed by atoms with E-state index in [2.05, 4.69) is 4.98 Å². The number of aromatic nitrogens is 1. The molecule has 1 unspecified atom stereocenters. The van der Waals surface area contributed by atoms with Gasteiger partial charge in [0.25, 0.3) is 10.1 Å². The summed E-state index contributed by atoms with van der Waals surface area (Å²) in [5.74, 6) is -0.703. The van der Waals surface area contributed by atoms with Gasteiger partial charge < -0.3 is 15.2 Å². The van der Waals surface area contributed by atoms with Crippen LogP contribution in [0, 0.1) is 0 Å². The maximum atomic E-state index is 10.7. The number of aliphatic hydroxyl groups is 2. The second kappa shape index (κ2) is 5.40. The first-order chi connectivity index (χ1) is 8.15. The summed E-state index contributed by atoms with van der Waals surface area (Å²) in [4.78, 5) is 2.92. The van der Waals surface area contributed by atoms with E-state index in [0.29, 0.717) is 5.69 Å². The van der Waals surface area contributed by atoms with E-state index in [1.165, 1.54) is 0 Å². The van der Waals surface area contributed by atoms with Crippen LogP contribution in [0.2, 0.25) is 0 Å². The molecule has 0 bridgehead atoms. The Hall–Kier alpha value is -0.890. The highest BCUT2D eigenvalue weighted by Gasteiger charge is 2.25. The monoisotopic (exact) mass is 277 g/mol. The van der Waals surface area contributed by atoms with E-state index in [9.17, 15) is 18.6 Å². The van der Waals surface area contributed by atoms with Gasteiger partial charge in [-0.3, -0.25) is 4.55 Å². The third kappa shape index (κ3) is 4.09. The van der Waals surface area contributed by atoms with Crippen molar-refractivity contribution in [2.75, 3.05) is 12.4 Å². The molecule has 1 aromatic heterocycles. The number of aliphatic hydroxyl groups excluding tert-OH is 2. The highest BCUT2D eigenvalue weighted by molar-refractivity contribution is 7.85. The van der Waals surface area contributed by atoms with Crippen LogP contribution in [-0.2, 0) is 22.0 Å². The summed E-state index contributed by atoms with van der Waals surface area (Å²) < 4.78 is 30.0. The fourth-order valence-electron chi connectivity index (χ4n) is 1.83. The molecule has 4 N–H and O–H groups in total.